The molecule has 5 nitrogen and oxygen atoms in total. The summed E-state index contributed by atoms with van der Waals surface area (Å²) in [4.78, 5) is 16.2. The Kier molecular flexibility index (Phi) is 5.95. The molecule has 0 atom stereocenters. The number of carbonyl (C=O) groups excluding carboxylic acids is 1. The van der Waals surface area contributed by atoms with Gasteiger partial charge in [0.25, 0.3) is 0 Å². The third-order valence-electron chi connectivity index (χ3n) is 3.48. The van der Waals surface area contributed by atoms with E-state index < -0.39 is 0 Å². The summed E-state index contributed by atoms with van der Waals surface area (Å²) in [7, 11) is 3.20. The van der Waals surface area contributed by atoms with Crippen LogP contribution >= 0.6 is 0 Å². The molecule has 0 fully saturated rings. The summed E-state index contributed by atoms with van der Waals surface area (Å²) in [6.45, 7) is 4.09. The average Bonchev–Trinajstić information content (AvgIpc) is 2.60. The van der Waals surface area contributed by atoms with Gasteiger partial charge in [-0.2, -0.15) is 0 Å². The van der Waals surface area contributed by atoms with Gasteiger partial charge in [0.2, 0.25) is 0 Å². The van der Waals surface area contributed by atoms with Gasteiger partial charge in [-0.3, -0.25) is 4.99 Å². The van der Waals surface area contributed by atoms with E-state index in [1.54, 1.807) is 45.6 Å². The van der Waals surface area contributed by atoms with Crippen molar-refractivity contribution >= 4 is 17.9 Å². The van der Waals surface area contributed by atoms with Crippen LogP contribution in [-0.2, 0) is 4.74 Å². The lowest BCUT2D eigenvalue weighted by molar-refractivity contribution is 0.0526. The minimum Gasteiger partial charge on any atom is -0.493 e. The van der Waals surface area contributed by atoms with Crippen LogP contribution in [-0.4, -0.2) is 33.0 Å². The number of methoxy groups -OCH3 is 2. The lowest BCUT2D eigenvalue weighted by Gasteiger charge is -2.10. The van der Waals surface area contributed by atoms with E-state index in [1.807, 2.05) is 25.1 Å². The fourth-order valence-corrected chi connectivity index (χ4v) is 2.21. The molecule has 0 aromatic heterocycles. The molecular formula is C19H21NO4. The van der Waals surface area contributed by atoms with Crippen molar-refractivity contribution in [2.45, 2.75) is 13.8 Å². The van der Waals surface area contributed by atoms with Gasteiger partial charge in [0.05, 0.1) is 32.1 Å². The first-order valence-electron chi connectivity index (χ1n) is 7.63. The number of aryl methyl sites for hydroxylation is 1. The zero-order valence-electron chi connectivity index (χ0n) is 14.3. The molecule has 0 amide bonds. The van der Waals surface area contributed by atoms with Gasteiger partial charge in [-0.15, -0.1) is 0 Å². The molecule has 0 bridgehead atoms. The summed E-state index contributed by atoms with van der Waals surface area (Å²) >= 11 is 0. The van der Waals surface area contributed by atoms with Crippen molar-refractivity contribution in [1.29, 1.82) is 0 Å². The number of esters is 1. The number of carbonyl (C=O) groups is 1. The lowest BCUT2D eigenvalue weighted by atomic mass is 10.1. The Balaban J connectivity index is 2.28. The molecule has 5 heteroatoms. The monoisotopic (exact) mass is 327 g/mol. The topological polar surface area (TPSA) is 57.1 Å². The first-order chi connectivity index (χ1) is 11.6. The number of benzene rings is 2. The summed E-state index contributed by atoms with van der Waals surface area (Å²) in [6.07, 6.45) is 1.74. The van der Waals surface area contributed by atoms with Crippen molar-refractivity contribution in [2.24, 2.45) is 4.99 Å². The summed E-state index contributed by atoms with van der Waals surface area (Å²) < 4.78 is 15.6. The maximum absolute atomic E-state index is 11.8. The number of ether oxygens (including phenoxy) is 3. The molecule has 24 heavy (non-hydrogen) atoms. The van der Waals surface area contributed by atoms with Crippen LogP contribution in [0.3, 0.4) is 0 Å². The van der Waals surface area contributed by atoms with E-state index >= 15 is 0 Å². The number of rotatable bonds is 6. The molecule has 0 aliphatic rings. The summed E-state index contributed by atoms with van der Waals surface area (Å²) in [5.41, 5.74) is 3.08. The van der Waals surface area contributed by atoms with E-state index in [4.69, 9.17) is 14.2 Å². The van der Waals surface area contributed by atoms with Gasteiger partial charge in [0.15, 0.2) is 11.5 Å². The van der Waals surface area contributed by atoms with Crippen LogP contribution < -0.4 is 9.47 Å². The highest BCUT2D eigenvalue weighted by atomic mass is 16.5. The van der Waals surface area contributed by atoms with Gasteiger partial charge in [-0.05, 0) is 55.3 Å². The fraction of sp³-hybridized carbons (Fsp3) is 0.263. The van der Waals surface area contributed by atoms with E-state index in [2.05, 4.69) is 4.99 Å². The zero-order chi connectivity index (χ0) is 17.5. The molecule has 0 unspecified atom stereocenters. The molecular weight excluding hydrogens is 306 g/mol. The number of hydrogen-bond acceptors (Lipinski definition) is 5. The Bertz CT molecular complexity index is 753. The van der Waals surface area contributed by atoms with Crippen LogP contribution in [0.5, 0.6) is 11.5 Å². The first kappa shape index (κ1) is 17.5. The average molecular weight is 327 g/mol. The van der Waals surface area contributed by atoms with Crippen molar-refractivity contribution in [3.05, 3.63) is 53.1 Å². The highest BCUT2D eigenvalue weighted by molar-refractivity contribution is 5.91. The Hall–Kier alpha value is -2.82. The molecule has 126 valence electrons. The van der Waals surface area contributed by atoms with E-state index in [9.17, 15) is 4.79 Å². The normalized spacial score (nSPS) is 10.7. The van der Waals surface area contributed by atoms with Crippen LogP contribution in [0, 0.1) is 6.92 Å². The fourth-order valence-electron chi connectivity index (χ4n) is 2.21. The summed E-state index contributed by atoms with van der Waals surface area (Å²) in [6, 6.07) is 10.8. The van der Waals surface area contributed by atoms with E-state index in [0.29, 0.717) is 29.4 Å². The molecule has 0 saturated carbocycles. The van der Waals surface area contributed by atoms with E-state index in [0.717, 1.165) is 11.1 Å². The highest BCUT2D eigenvalue weighted by Crippen LogP contribution is 2.29. The van der Waals surface area contributed by atoms with Gasteiger partial charge >= 0.3 is 5.97 Å². The van der Waals surface area contributed by atoms with Gasteiger partial charge in [-0.25, -0.2) is 4.79 Å². The lowest BCUT2D eigenvalue weighted by Crippen LogP contribution is -2.03. The highest BCUT2D eigenvalue weighted by Gasteiger charge is 2.08. The van der Waals surface area contributed by atoms with Crippen molar-refractivity contribution in [3.63, 3.8) is 0 Å². The smallest absolute Gasteiger partial charge is 0.338 e. The molecule has 2 rings (SSSR count). The Morgan fingerprint density at radius 2 is 1.83 bits per heavy atom. The number of nitrogens with zero attached hydrogens (tertiary/aromatic N) is 1. The SMILES string of the molecule is CCOC(=O)c1cccc(N=Cc2cc(OC)c(OC)cc2C)c1. The molecule has 0 aliphatic carbocycles. The summed E-state index contributed by atoms with van der Waals surface area (Å²) in [5, 5.41) is 0. The molecule has 0 aliphatic heterocycles. The summed E-state index contributed by atoms with van der Waals surface area (Å²) in [5.74, 6) is 0.970. The molecule has 0 saturated heterocycles. The van der Waals surface area contributed by atoms with Gasteiger partial charge in [-0.1, -0.05) is 6.07 Å². The van der Waals surface area contributed by atoms with Gasteiger partial charge < -0.3 is 14.2 Å². The van der Waals surface area contributed by atoms with Crippen molar-refractivity contribution < 1.29 is 19.0 Å². The van der Waals surface area contributed by atoms with Gasteiger partial charge in [0.1, 0.15) is 0 Å². The first-order valence-corrected chi connectivity index (χ1v) is 7.63. The van der Waals surface area contributed by atoms with Crippen LogP contribution in [0.15, 0.2) is 41.4 Å². The minimum atomic E-state index is -0.350. The molecule has 0 heterocycles. The maximum atomic E-state index is 11.8. The van der Waals surface area contributed by atoms with E-state index in [-0.39, 0.29) is 5.97 Å². The predicted molar refractivity (Wildman–Crippen MR) is 93.9 cm³/mol. The third-order valence-corrected chi connectivity index (χ3v) is 3.48. The Morgan fingerprint density at radius 1 is 1.12 bits per heavy atom. The zero-order valence-corrected chi connectivity index (χ0v) is 14.3. The van der Waals surface area contributed by atoms with Crippen LogP contribution in [0.1, 0.15) is 28.4 Å². The van der Waals surface area contributed by atoms with Crippen LogP contribution in [0.2, 0.25) is 0 Å². The number of aliphatic imine (C=N–C) groups is 1. The predicted octanol–water partition coefficient (Wildman–Crippen LogP) is 3.94. The second-order valence-electron chi connectivity index (χ2n) is 5.09. The largest absolute Gasteiger partial charge is 0.493 e. The Morgan fingerprint density at radius 3 is 2.50 bits per heavy atom. The molecule has 0 spiro atoms. The standard InChI is InChI=1S/C19H21NO4/c1-5-24-19(21)14-7-6-8-16(10-14)20-12-15-11-18(23-4)17(22-3)9-13(15)2/h6-12H,5H2,1-4H3. The molecule has 2 aromatic rings. The Labute approximate surface area is 141 Å². The van der Waals surface area contributed by atoms with Crippen molar-refractivity contribution in [1.82, 2.24) is 0 Å². The second-order valence-corrected chi connectivity index (χ2v) is 5.09. The second kappa shape index (κ2) is 8.15. The van der Waals surface area contributed by atoms with Crippen LogP contribution in [0.4, 0.5) is 5.69 Å². The minimum absolute atomic E-state index is 0.344. The van der Waals surface area contributed by atoms with Gasteiger partial charge in [0, 0.05) is 6.21 Å². The van der Waals surface area contributed by atoms with Crippen molar-refractivity contribution in [2.75, 3.05) is 20.8 Å². The van der Waals surface area contributed by atoms with Crippen LogP contribution in [0.25, 0.3) is 0 Å². The van der Waals surface area contributed by atoms with E-state index in [1.165, 1.54) is 0 Å². The quantitative estimate of drug-likeness (QED) is 0.595. The third kappa shape index (κ3) is 4.13. The number of hydrogen-bond donors (Lipinski definition) is 0. The molecule has 0 radical (unpaired) electrons. The maximum Gasteiger partial charge on any atom is 0.338 e. The molecule has 2 aromatic carbocycles. The van der Waals surface area contributed by atoms with Crippen molar-refractivity contribution in [3.8, 4) is 11.5 Å². The molecule has 0 N–H and O–H groups in total.